The third-order valence-electron chi connectivity index (χ3n) is 5.06. The van der Waals surface area contributed by atoms with E-state index in [-0.39, 0.29) is 30.5 Å². The van der Waals surface area contributed by atoms with Crippen LogP contribution in [0.4, 0.5) is 0 Å². The Morgan fingerprint density at radius 2 is 1.58 bits per heavy atom. The first-order valence-electron chi connectivity index (χ1n) is 9.59. The molecule has 0 aromatic heterocycles. The van der Waals surface area contributed by atoms with Gasteiger partial charge in [-0.3, -0.25) is 9.59 Å². The van der Waals surface area contributed by atoms with Crippen LogP contribution >= 0.6 is 0 Å². The van der Waals surface area contributed by atoms with Crippen molar-refractivity contribution in [3.05, 3.63) is 0 Å². The van der Waals surface area contributed by atoms with E-state index in [9.17, 15) is 18.0 Å². The van der Waals surface area contributed by atoms with Gasteiger partial charge in [-0.05, 0) is 32.7 Å². The van der Waals surface area contributed by atoms with Crippen molar-refractivity contribution < 1.29 is 18.0 Å². The molecule has 2 rings (SSSR count). The van der Waals surface area contributed by atoms with Crippen molar-refractivity contribution in [1.82, 2.24) is 19.4 Å². The number of carbonyl (C=O) groups excluding carboxylic acids is 2. The maximum Gasteiger partial charge on any atom is 0.242 e. The van der Waals surface area contributed by atoms with E-state index in [1.165, 1.54) is 0 Å². The second kappa shape index (κ2) is 10.2. The standard InChI is InChI=1S/C17H32N4O4S/c1-19-10-12-20(13-11-19)17(23)15-18-16(22)7-3-6-14-26(24,25)21-8-4-2-5-9-21/h2-15H2,1H3,(H,18,22). The van der Waals surface area contributed by atoms with Crippen LogP contribution < -0.4 is 5.32 Å². The van der Waals surface area contributed by atoms with Crippen LogP contribution in [0.3, 0.4) is 0 Å². The topological polar surface area (TPSA) is 90.0 Å². The Hall–Kier alpha value is -1.19. The molecule has 150 valence electrons. The van der Waals surface area contributed by atoms with E-state index in [4.69, 9.17) is 0 Å². The van der Waals surface area contributed by atoms with Crippen LogP contribution in [-0.4, -0.2) is 93.0 Å². The molecule has 0 saturated carbocycles. The van der Waals surface area contributed by atoms with Gasteiger partial charge in [-0.15, -0.1) is 0 Å². The highest BCUT2D eigenvalue weighted by atomic mass is 32.2. The minimum atomic E-state index is -3.19. The summed E-state index contributed by atoms with van der Waals surface area (Å²) in [6, 6.07) is 0. The molecule has 2 saturated heterocycles. The monoisotopic (exact) mass is 388 g/mol. The van der Waals surface area contributed by atoms with Gasteiger partial charge in [0.05, 0.1) is 12.3 Å². The molecule has 0 spiro atoms. The molecule has 2 heterocycles. The molecule has 2 aliphatic heterocycles. The molecule has 1 N–H and O–H groups in total. The van der Waals surface area contributed by atoms with Crippen molar-refractivity contribution >= 4 is 21.8 Å². The lowest BCUT2D eigenvalue weighted by molar-refractivity contribution is -0.134. The predicted molar refractivity (Wildman–Crippen MR) is 100 cm³/mol. The number of rotatable bonds is 8. The first-order valence-corrected chi connectivity index (χ1v) is 11.2. The van der Waals surface area contributed by atoms with Crippen molar-refractivity contribution in [3.8, 4) is 0 Å². The molecule has 0 aromatic rings. The molecule has 0 aliphatic carbocycles. The summed E-state index contributed by atoms with van der Waals surface area (Å²) in [6.07, 6.45) is 4.21. The van der Waals surface area contributed by atoms with Gasteiger partial charge in [0.15, 0.2) is 0 Å². The summed E-state index contributed by atoms with van der Waals surface area (Å²) in [4.78, 5) is 27.8. The van der Waals surface area contributed by atoms with Crippen molar-refractivity contribution in [2.75, 3.05) is 58.6 Å². The van der Waals surface area contributed by atoms with E-state index in [0.717, 1.165) is 32.4 Å². The summed E-state index contributed by atoms with van der Waals surface area (Å²) < 4.78 is 26.0. The third-order valence-corrected chi connectivity index (χ3v) is 7.01. The van der Waals surface area contributed by atoms with Gasteiger partial charge < -0.3 is 15.1 Å². The number of sulfonamides is 1. The Balaban J connectivity index is 1.58. The van der Waals surface area contributed by atoms with E-state index >= 15 is 0 Å². The molecule has 8 nitrogen and oxygen atoms in total. The number of hydrogen-bond donors (Lipinski definition) is 1. The average Bonchev–Trinajstić information content (AvgIpc) is 2.64. The number of hydrogen-bond acceptors (Lipinski definition) is 5. The zero-order chi connectivity index (χ0) is 19.0. The largest absolute Gasteiger partial charge is 0.347 e. The molecular formula is C17H32N4O4S. The lowest BCUT2D eigenvalue weighted by Gasteiger charge is -2.32. The molecule has 2 amide bonds. The average molecular weight is 389 g/mol. The summed E-state index contributed by atoms with van der Waals surface area (Å²) in [7, 11) is -1.17. The minimum Gasteiger partial charge on any atom is -0.347 e. The molecule has 2 fully saturated rings. The molecule has 0 radical (unpaired) electrons. The Bertz CT molecular complexity index is 567. The smallest absolute Gasteiger partial charge is 0.242 e. The highest BCUT2D eigenvalue weighted by Crippen LogP contribution is 2.14. The summed E-state index contributed by atoms with van der Waals surface area (Å²) in [5, 5.41) is 2.65. The minimum absolute atomic E-state index is 0.0224. The summed E-state index contributed by atoms with van der Waals surface area (Å²) in [6.45, 7) is 4.36. The van der Waals surface area contributed by atoms with Gasteiger partial charge in [0, 0.05) is 45.7 Å². The molecule has 2 aliphatic rings. The Morgan fingerprint density at radius 1 is 0.923 bits per heavy atom. The van der Waals surface area contributed by atoms with Gasteiger partial charge in [-0.2, -0.15) is 0 Å². The van der Waals surface area contributed by atoms with Gasteiger partial charge in [-0.1, -0.05) is 6.42 Å². The van der Waals surface area contributed by atoms with Gasteiger partial charge in [0.1, 0.15) is 0 Å². The van der Waals surface area contributed by atoms with Gasteiger partial charge in [-0.25, -0.2) is 12.7 Å². The van der Waals surface area contributed by atoms with Crippen LogP contribution in [-0.2, 0) is 19.6 Å². The number of unbranched alkanes of at least 4 members (excludes halogenated alkanes) is 1. The second-order valence-electron chi connectivity index (χ2n) is 7.19. The predicted octanol–water partition coefficient (Wildman–Crippen LogP) is -0.137. The fraction of sp³-hybridized carbons (Fsp3) is 0.882. The summed E-state index contributed by atoms with van der Waals surface area (Å²) in [5.74, 6) is -0.150. The van der Waals surface area contributed by atoms with Crippen molar-refractivity contribution in [2.24, 2.45) is 0 Å². The second-order valence-corrected chi connectivity index (χ2v) is 9.28. The van der Waals surface area contributed by atoms with Crippen LogP contribution in [0.15, 0.2) is 0 Å². The number of carbonyl (C=O) groups is 2. The summed E-state index contributed by atoms with van der Waals surface area (Å²) in [5.41, 5.74) is 0. The van der Waals surface area contributed by atoms with E-state index in [0.29, 0.717) is 39.0 Å². The number of amides is 2. The van der Waals surface area contributed by atoms with E-state index in [1.54, 1.807) is 9.21 Å². The van der Waals surface area contributed by atoms with Crippen molar-refractivity contribution in [2.45, 2.75) is 38.5 Å². The number of nitrogens with zero attached hydrogens (tertiary/aromatic N) is 3. The number of piperazine rings is 1. The summed E-state index contributed by atoms with van der Waals surface area (Å²) >= 11 is 0. The Labute approximate surface area is 156 Å². The lowest BCUT2D eigenvalue weighted by Crippen LogP contribution is -2.50. The van der Waals surface area contributed by atoms with Crippen molar-refractivity contribution in [3.63, 3.8) is 0 Å². The molecular weight excluding hydrogens is 356 g/mol. The molecule has 0 atom stereocenters. The zero-order valence-electron chi connectivity index (χ0n) is 15.8. The molecule has 0 bridgehead atoms. The first kappa shape index (κ1) is 21.1. The van der Waals surface area contributed by atoms with E-state index < -0.39 is 10.0 Å². The fourth-order valence-corrected chi connectivity index (χ4v) is 4.91. The normalized spacial score (nSPS) is 20.1. The number of likely N-dealkylation sites (N-methyl/N-ethyl adjacent to an activating group) is 1. The highest BCUT2D eigenvalue weighted by Gasteiger charge is 2.23. The molecule has 0 aromatic carbocycles. The van der Waals surface area contributed by atoms with Gasteiger partial charge in [0.25, 0.3) is 0 Å². The van der Waals surface area contributed by atoms with E-state index in [2.05, 4.69) is 10.2 Å². The molecule has 0 unspecified atom stereocenters. The first-order chi connectivity index (χ1) is 12.4. The van der Waals surface area contributed by atoms with E-state index in [1.807, 2.05) is 7.05 Å². The van der Waals surface area contributed by atoms with Gasteiger partial charge >= 0.3 is 0 Å². The highest BCUT2D eigenvalue weighted by molar-refractivity contribution is 7.89. The Morgan fingerprint density at radius 3 is 2.23 bits per heavy atom. The quantitative estimate of drug-likeness (QED) is 0.585. The molecule has 26 heavy (non-hydrogen) atoms. The third kappa shape index (κ3) is 6.85. The van der Waals surface area contributed by atoms with Crippen LogP contribution in [0.2, 0.25) is 0 Å². The van der Waals surface area contributed by atoms with Crippen LogP contribution in [0.1, 0.15) is 38.5 Å². The van der Waals surface area contributed by atoms with Crippen LogP contribution in [0.25, 0.3) is 0 Å². The lowest BCUT2D eigenvalue weighted by atomic mass is 10.2. The van der Waals surface area contributed by atoms with Crippen LogP contribution in [0.5, 0.6) is 0 Å². The van der Waals surface area contributed by atoms with Crippen molar-refractivity contribution in [1.29, 1.82) is 0 Å². The number of nitrogens with one attached hydrogen (secondary N) is 1. The van der Waals surface area contributed by atoms with Gasteiger partial charge in [0.2, 0.25) is 21.8 Å². The zero-order valence-corrected chi connectivity index (χ0v) is 16.6. The molecule has 9 heteroatoms. The van der Waals surface area contributed by atoms with Crippen LogP contribution in [0, 0.1) is 0 Å². The maximum atomic E-state index is 12.2. The SMILES string of the molecule is CN1CCN(C(=O)CNC(=O)CCCCS(=O)(=O)N2CCCCC2)CC1. The maximum absolute atomic E-state index is 12.2. The number of piperidine rings is 1. The fourth-order valence-electron chi connectivity index (χ4n) is 3.27. The Kier molecular flexibility index (Phi) is 8.30.